The van der Waals surface area contributed by atoms with E-state index in [1.54, 1.807) is 31.2 Å². The van der Waals surface area contributed by atoms with E-state index >= 15 is 0 Å². The summed E-state index contributed by atoms with van der Waals surface area (Å²) < 4.78 is 15.9. The first-order valence-corrected chi connectivity index (χ1v) is 11.9. The van der Waals surface area contributed by atoms with Crippen LogP contribution in [0.5, 0.6) is 0 Å². The fourth-order valence-corrected chi connectivity index (χ4v) is 4.27. The van der Waals surface area contributed by atoms with Crippen LogP contribution in [0.3, 0.4) is 0 Å². The highest BCUT2D eigenvalue weighted by molar-refractivity contribution is 6.40. The van der Waals surface area contributed by atoms with Gasteiger partial charge in [0.2, 0.25) is 0 Å². The van der Waals surface area contributed by atoms with Gasteiger partial charge in [0.15, 0.2) is 0 Å². The maximum Gasteiger partial charge on any atom is 0.340 e. The largest absolute Gasteiger partial charge is 0.467 e. The number of rotatable bonds is 7. The number of benzene rings is 1. The smallest absolute Gasteiger partial charge is 0.340 e. The predicted molar refractivity (Wildman–Crippen MR) is 138 cm³/mol. The average molecular weight is 558 g/mol. The minimum absolute atomic E-state index is 0.0883. The number of anilines is 1. The van der Waals surface area contributed by atoms with Crippen LogP contribution in [0, 0.1) is 0 Å². The van der Waals surface area contributed by atoms with Crippen molar-refractivity contribution >= 4 is 58.7 Å². The van der Waals surface area contributed by atoms with E-state index in [0.29, 0.717) is 27.3 Å². The summed E-state index contributed by atoms with van der Waals surface area (Å²) in [6.45, 7) is 1.66. The Morgan fingerprint density at radius 2 is 1.79 bits per heavy atom. The van der Waals surface area contributed by atoms with Crippen molar-refractivity contribution in [2.24, 2.45) is 0 Å². The summed E-state index contributed by atoms with van der Waals surface area (Å²) in [5.74, 6) is -1.83. The van der Waals surface area contributed by atoms with Gasteiger partial charge in [-0.3, -0.25) is 14.4 Å². The maximum absolute atomic E-state index is 13.2. The summed E-state index contributed by atoms with van der Waals surface area (Å²) in [6.07, 6.45) is 2.91. The van der Waals surface area contributed by atoms with Gasteiger partial charge in [-0.2, -0.15) is 0 Å². The van der Waals surface area contributed by atoms with E-state index in [0.717, 1.165) is 0 Å². The number of methoxy groups -OCH3 is 1. The molecule has 0 spiro atoms. The summed E-state index contributed by atoms with van der Waals surface area (Å²) in [5.41, 5.74) is 0.871. The van der Waals surface area contributed by atoms with Crippen molar-refractivity contribution in [3.8, 4) is 0 Å². The van der Waals surface area contributed by atoms with Crippen molar-refractivity contribution in [1.82, 2.24) is 10.2 Å². The number of amides is 3. The van der Waals surface area contributed by atoms with Crippen LogP contribution in [-0.4, -0.2) is 35.7 Å². The van der Waals surface area contributed by atoms with Crippen LogP contribution in [0.15, 0.2) is 74.4 Å². The van der Waals surface area contributed by atoms with E-state index < -0.39 is 23.7 Å². The van der Waals surface area contributed by atoms with Crippen molar-refractivity contribution in [3.05, 3.63) is 92.9 Å². The molecule has 1 aliphatic heterocycles. The Morgan fingerprint density at radius 3 is 2.45 bits per heavy atom. The Hall–Kier alpha value is -4.28. The molecule has 3 amide bonds. The third-order valence-electron chi connectivity index (χ3n) is 5.51. The number of carbonyl (C=O) groups is 4. The molecule has 196 valence electrons. The monoisotopic (exact) mass is 557 g/mol. The minimum Gasteiger partial charge on any atom is -0.467 e. The van der Waals surface area contributed by atoms with E-state index in [1.807, 2.05) is 0 Å². The van der Waals surface area contributed by atoms with E-state index in [-0.39, 0.29) is 35.7 Å². The molecule has 1 aromatic carbocycles. The Bertz CT molecular complexity index is 1450. The molecule has 0 aliphatic carbocycles. The van der Waals surface area contributed by atoms with Gasteiger partial charge >= 0.3 is 17.8 Å². The number of esters is 1. The van der Waals surface area contributed by atoms with Crippen LogP contribution in [0.4, 0.5) is 5.69 Å². The van der Waals surface area contributed by atoms with Crippen molar-refractivity contribution in [2.75, 3.05) is 12.4 Å². The van der Waals surface area contributed by atoms with Gasteiger partial charge in [-0.25, -0.2) is 4.79 Å². The second-order valence-electron chi connectivity index (χ2n) is 8.08. The average Bonchev–Trinajstić information content (AvgIpc) is 3.60. The molecule has 3 heterocycles. The summed E-state index contributed by atoms with van der Waals surface area (Å²) >= 11 is 11.8. The van der Waals surface area contributed by atoms with Crippen LogP contribution in [0.1, 0.15) is 24.2 Å². The molecule has 0 bridgehead atoms. The molecule has 0 radical (unpaired) electrons. The highest BCUT2D eigenvalue weighted by Crippen LogP contribution is 2.33. The van der Waals surface area contributed by atoms with Crippen molar-refractivity contribution in [3.63, 3.8) is 0 Å². The first-order chi connectivity index (χ1) is 18.2. The van der Waals surface area contributed by atoms with Crippen LogP contribution < -0.4 is 10.6 Å². The lowest BCUT2D eigenvalue weighted by Gasteiger charge is -2.15. The first kappa shape index (κ1) is 26.8. The zero-order chi connectivity index (χ0) is 27.4. The molecule has 2 N–H and O–H groups in total. The normalized spacial score (nSPS) is 14.3. The number of hydrogen-bond acceptors (Lipinski definition) is 7. The molecule has 0 atom stereocenters. The number of hydrogen-bond donors (Lipinski definition) is 2. The molecule has 10 nitrogen and oxygen atoms in total. The van der Waals surface area contributed by atoms with Gasteiger partial charge in [-0.15, -0.1) is 0 Å². The SMILES string of the molecule is COC(=O)C1=C(C)N(Cc2ccco2)C(=O)/C1=C/c1ccc(CNC(=O)C(=O)Nc2cc(Cl)cc(Cl)c2)o1. The van der Waals surface area contributed by atoms with E-state index in [2.05, 4.69) is 10.6 Å². The van der Waals surface area contributed by atoms with E-state index in [1.165, 1.54) is 42.5 Å². The molecule has 0 saturated heterocycles. The minimum atomic E-state index is -0.922. The zero-order valence-electron chi connectivity index (χ0n) is 20.2. The fraction of sp³-hybridized carbons (Fsp3) is 0.154. The van der Waals surface area contributed by atoms with Crippen molar-refractivity contribution < 1.29 is 32.7 Å². The fourth-order valence-electron chi connectivity index (χ4n) is 3.75. The molecule has 0 saturated carbocycles. The predicted octanol–water partition coefficient (Wildman–Crippen LogP) is 4.31. The highest BCUT2D eigenvalue weighted by Gasteiger charge is 2.37. The molecular formula is C26H21Cl2N3O7. The third kappa shape index (κ3) is 5.99. The lowest BCUT2D eigenvalue weighted by molar-refractivity contribution is -0.136. The molecule has 4 rings (SSSR count). The Morgan fingerprint density at radius 1 is 1.05 bits per heavy atom. The number of halogens is 2. The summed E-state index contributed by atoms with van der Waals surface area (Å²) in [7, 11) is 1.23. The van der Waals surface area contributed by atoms with E-state index in [4.69, 9.17) is 36.8 Å². The lowest BCUT2D eigenvalue weighted by atomic mass is 10.1. The number of furan rings is 2. The highest BCUT2D eigenvalue weighted by atomic mass is 35.5. The van der Waals surface area contributed by atoms with Crippen LogP contribution >= 0.6 is 23.2 Å². The number of allylic oxidation sites excluding steroid dienone is 1. The molecule has 3 aromatic rings. The van der Waals surface area contributed by atoms with E-state index in [9.17, 15) is 19.2 Å². The number of carbonyl (C=O) groups excluding carboxylic acids is 4. The molecule has 0 fully saturated rings. The molecular weight excluding hydrogens is 537 g/mol. The van der Waals surface area contributed by atoms with Crippen LogP contribution in [-0.2, 0) is 37.0 Å². The first-order valence-electron chi connectivity index (χ1n) is 11.2. The summed E-state index contributed by atoms with van der Waals surface area (Å²) in [6, 6.07) is 10.9. The second-order valence-corrected chi connectivity index (χ2v) is 8.95. The second kappa shape index (κ2) is 11.4. The topological polar surface area (TPSA) is 131 Å². The Labute approximate surface area is 226 Å². The number of ether oxygens (including phenoxy) is 1. The van der Waals surface area contributed by atoms with Crippen molar-refractivity contribution in [2.45, 2.75) is 20.0 Å². The molecule has 1 aliphatic rings. The standard InChI is InChI=1S/C26H21Cl2N3O7/c1-14-22(26(35)36-2)21(25(34)31(14)13-20-4-3-7-37-20)11-18-5-6-19(38-18)12-29-23(32)24(33)30-17-9-15(27)8-16(28)10-17/h3-11H,12-13H2,1-2H3,(H,29,32)(H,30,33)/b21-11+. The Balaban J connectivity index is 1.44. The Kier molecular flexibility index (Phi) is 8.04. The molecule has 2 aromatic heterocycles. The lowest BCUT2D eigenvalue weighted by Crippen LogP contribution is -2.34. The van der Waals surface area contributed by atoms with Crippen LogP contribution in [0.25, 0.3) is 6.08 Å². The number of nitrogens with one attached hydrogen (secondary N) is 2. The van der Waals surface area contributed by atoms with Gasteiger partial charge in [0, 0.05) is 21.4 Å². The van der Waals surface area contributed by atoms with Crippen LogP contribution in [0.2, 0.25) is 10.0 Å². The number of nitrogens with zero attached hydrogens (tertiary/aromatic N) is 1. The van der Waals surface area contributed by atoms with Gasteiger partial charge in [0.05, 0.1) is 37.6 Å². The van der Waals surface area contributed by atoms with Gasteiger partial charge in [0.25, 0.3) is 5.91 Å². The van der Waals surface area contributed by atoms with Crippen molar-refractivity contribution in [1.29, 1.82) is 0 Å². The maximum atomic E-state index is 13.2. The molecule has 38 heavy (non-hydrogen) atoms. The molecule has 0 unspecified atom stereocenters. The van der Waals surface area contributed by atoms with Gasteiger partial charge in [-0.1, -0.05) is 23.2 Å². The zero-order valence-corrected chi connectivity index (χ0v) is 21.7. The quantitative estimate of drug-likeness (QED) is 0.251. The van der Waals surface area contributed by atoms with Gasteiger partial charge in [-0.05, 0) is 55.5 Å². The van der Waals surface area contributed by atoms with Gasteiger partial charge in [0.1, 0.15) is 17.3 Å². The van der Waals surface area contributed by atoms with Gasteiger partial charge < -0.3 is 29.1 Å². The molecule has 12 heteroatoms. The summed E-state index contributed by atoms with van der Waals surface area (Å²) in [4.78, 5) is 51.5. The third-order valence-corrected chi connectivity index (χ3v) is 5.95. The summed E-state index contributed by atoms with van der Waals surface area (Å²) in [5, 5.41) is 5.45.